The second kappa shape index (κ2) is 7.55. The summed E-state index contributed by atoms with van der Waals surface area (Å²) in [4.78, 5) is 14.4. The van der Waals surface area contributed by atoms with Crippen molar-refractivity contribution in [3.8, 4) is 16.8 Å². The van der Waals surface area contributed by atoms with Gasteiger partial charge in [0.25, 0.3) is 0 Å². The van der Waals surface area contributed by atoms with Crippen LogP contribution in [0.25, 0.3) is 77.1 Å². The Kier molecular flexibility index (Phi) is 3.92. The quantitative estimate of drug-likeness (QED) is 0.204. The van der Waals surface area contributed by atoms with Gasteiger partial charge in [-0.25, -0.2) is 4.98 Å². The van der Waals surface area contributed by atoms with E-state index < -0.39 is 0 Å². The summed E-state index contributed by atoms with van der Waals surface area (Å²) in [6.07, 6.45) is 6.44. The normalized spacial score (nSPS) is 12.8. The Labute approximate surface area is 234 Å². The van der Waals surface area contributed by atoms with E-state index in [4.69, 9.17) is 9.97 Å². The van der Waals surface area contributed by atoms with E-state index in [-0.39, 0.29) is 0 Å². The van der Waals surface area contributed by atoms with Crippen LogP contribution in [0.5, 0.6) is 0 Å². The van der Waals surface area contributed by atoms with Crippen molar-refractivity contribution in [2.75, 3.05) is 0 Å². The average Bonchev–Trinajstić information content (AvgIpc) is 3.71. The summed E-state index contributed by atoms with van der Waals surface area (Å²) in [5.41, 5.74) is 13.9. The molecule has 1 aliphatic carbocycles. The highest BCUT2D eigenvalue weighted by Gasteiger charge is 2.28. The Balaban J connectivity index is 1.38. The highest BCUT2D eigenvalue weighted by atomic mass is 15.0. The number of hydrogen-bond acceptors (Lipinski definition) is 3. The fourth-order valence-corrected chi connectivity index (χ4v) is 7.25. The predicted molar refractivity (Wildman–Crippen MR) is 166 cm³/mol. The largest absolute Gasteiger partial charge is 0.309 e. The summed E-state index contributed by atoms with van der Waals surface area (Å²) in [7, 11) is 0. The molecule has 0 radical (unpaired) electrons. The summed E-state index contributed by atoms with van der Waals surface area (Å²) in [5, 5.41) is 4.92. The van der Waals surface area contributed by atoms with Crippen LogP contribution in [0, 0.1) is 0 Å². The van der Waals surface area contributed by atoms with Crippen molar-refractivity contribution in [2.45, 2.75) is 6.42 Å². The minimum Gasteiger partial charge on any atom is -0.309 e. The molecule has 5 heteroatoms. The van der Waals surface area contributed by atoms with Gasteiger partial charge in [0.2, 0.25) is 0 Å². The standard InChI is InChI=1S/C36H21N5/c1-2-7-22(8-3-1)40-28-10-5-4-9-24(28)34-30(40)15-12-21-19-26-23(32(21)34)13-14-25-33(26)36-39-27-20-37-18-16-29(27)41(36)31-11-6-17-38-35(25)31/h1-18,20H,19H2. The van der Waals surface area contributed by atoms with Crippen LogP contribution in [0.2, 0.25) is 0 Å². The Morgan fingerprint density at radius 2 is 1.51 bits per heavy atom. The van der Waals surface area contributed by atoms with E-state index in [1.165, 1.54) is 55.1 Å². The number of pyridine rings is 3. The maximum atomic E-state index is 5.16. The molecule has 0 spiro atoms. The number of aromatic nitrogens is 5. The third-order valence-electron chi connectivity index (χ3n) is 8.85. The number of imidazole rings is 1. The van der Waals surface area contributed by atoms with Crippen molar-refractivity contribution in [2.24, 2.45) is 0 Å². The van der Waals surface area contributed by atoms with Crippen LogP contribution in [-0.4, -0.2) is 23.9 Å². The molecule has 0 N–H and O–H groups in total. The zero-order valence-corrected chi connectivity index (χ0v) is 21.9. The lowest BCUT2D eigenvalue weighted by Crippen LogP contribution is -1.96. The fraction of sp³-hybridized carbons (Fsp3) is 0.0278. The molecular weight excluding hydrogens is 502 g/mol. The second-order valence-electron chi connectivity index (χ2n) is 10.9. The topological polar surface area (TPSA) is 48.0 Å². The summed E-state index contributed by atoms with van der Waals surface area (Å²) < 4.78 is 4.66. The third-order valence-corrected chi connectivity index (χ3v) is 8.85. The summed E-state index contributed by atoms with van der Waals surface area (Å²) in [5.74, 6) is 0. The van der Waals surface area contributed by atoms with E-state index >= 15 is 0 Å². The van der Waals surface area contributed by atoms with Gasteiger partial charge in [0.1, 0.15) is 11.2 Å². The van der Waals surface area contributed by atoms with Crippen LogP contribution in [0.15, 0.2) is 116 Å². The number of benzene rings is 4. The molecule has 1 aliphatic rings. The summed E-state index contributed by atoms with van der Waals surface area (Å²) >= 11 is 0. The van der Waals surface area contributed by atoms with Crippen LogP contribution in [0.1, 0.15) is 11.1 Å². The van der Waals surface area contributed by atoms with Crippen molar-refractivity contribution in [3.05, 3.63) is 127 Å². The zero-order chi connectivity index (χ0) is 26.7. The highest BCUT2D eigenvalue weighted by Crippen LogP contribution is 2.49. The lowest BCUT2D eigenvalue weighted by atomic mass is 9.96. The molecule has 190 valence electrons. The molecule has 0 aliphatic heterocycles. The molecule has 41 heavy (non-hydrogen) atoms. The lowest BCUT2D eigenvalue weighted by Gasteiger charge is -2.12. The number of para-hydroxylation sites is 2. The highest BCUT2D eigenvalue weighted by molar-refractivity contribution is 6.21. The summed E-state index contributed by atoms with van der Waals surface area (Å²) in [6.45, 7) is 0. The first kappa shape index (κ1) is 21.3. The molecule has 0 amide bonds. The minimum absolute atomic E-state index is 0.859. The van der Waals surface area contributed by atoms with Crippen LogP contribution in [-0.2, 0) is 6.42 Å². The molecular formula is C36H21N5. The number of nitrogens with zero attached hydrogens (tertiary/aromatic N) is 5. The second-order valence-corrected chi connectivity index (χ2v) is 10.9. The van der Waals surface area contributed by atoms with Gasteiger partial charge < -0.3 is 4.57 Å². The molecule has 5 aromatic heterocycles. The molecule has 10 rings (SSSR count). The van der Waals surface area contributed by atoms with Crippen LogP contribution in [0.3, 0.4) is 0 Å². The van der Waals surface area contributed by atoms with Gasteiger partial charge >= 0.3 is 0 Å². The van der Waals surface area contributed by atoms with Crippen LogP contribution in [0.4, 0.5) is 0 Å². The molecule has 0 bridgehead atoms. The SMILES string of the molecule is c1ccc(-n2c3ccccc3c3c4c(ccc32)Cc2c-4ccc3c4ncccc4n4c5ccncc5nc4c23)cc1. The molecule has 5 heterocycles. The molecule has 0 unspecified atom stereocenters. The Hall–Kier alpha value is -5.55. The third kappa shape index (κ3) is 2.63. The van der Waals surface area contributed by atoms with E-state index in [2.05, 4.69) is 98.9 Å². The summed E-state index contributed by atoms with van der Waals surface area (Å²) in [6, 6.07) is 34.8. The van der Waals surface area contributed by atoms with Gasteiger partial charge in [-0.15, -0.1) is 0 Å². The predicted octanol–water partition coefficient (Wildman–Crippen LogP) is 8.25. The lowest BCUT2D eigenvalue weighted by molar-refractivity contribution is 1.18. The van der Waals surface area contributed by atoms with E-state index in [9.17, 15) is 0 Å². The van der Waals surface area contributed by atoms with E-state index in [1.807, 2.05) is 30.7 Å². The fourth-order valence-electron chi connectivity index (χ4n) is 7.25. The van der Waals surface area contributed by atoms with Crippen molar-refractivity contribution >= 4 is 60.3 Å². The van der Waals surface area contributed by atoms with Gasteiger partial charge in [-0.05, 0) is 71.1 Å². The first-order valence-corrected chi connectivity index (χ1v) is 13.9. The van der Waals surface area contributed by atoms with Crippen molar-refractivity contribution < 1.29 is 0 Å². The monoisotopic (exact) mass is 523 g/mol. The van der Waals surface area contributed by atoms with Gasteiger partial charge in [-0.2, -0.15) is 0 Å². The van der Waals surface area contributed by atoms with Gasteiger partial charge in [0, 0.05) is 39.6 Å². The van der Waals surface area contributed by atoms with Crippen LogP contribution < -0.4 is 0 Å². The maximum absolute atomic E-state index is 5.16. The molecule has 9 aromatic rings. The Bertz CT molecular complexity index is 2550. The molecule has 4 aromatic carbocycles. The van der Waals surface area contributed by atoms with Gasteiger partial charge in [0.05, 0.1) is 33.8 Å². The average molecular weight is 524 g/mol. The molecule has 0 saturated heterocycles. The number of rotatable bonds is 1. The van der Waals surface area contributed by atoms with Gasteiger partial charge in [0.15, 0.2) is 0 Å². The minimum atomic E-state index is 0.859. The number of hydrogen-bond donors (Lipinski definition) is 0. The van der Waals surface area contributed by atoms with Crippen LogP contribution >= 0.6 is 0 Å². The van der Waals surface area contributed by atoms with E-state index in [0.29, 0.717) is 0 Å². The zero-order valence-electron chi connectivity index (χ0n) is 21.9. The molecule has 0 fully saturated rings. The van der Waals surface area contributed by atoms with E-state index in [1.54, 1.807) is 0 Å². The van der Waals surface area contributed by atoms with Gasteiger partial charge in [-0.3, -0.25) is 14.4 Å². The molecule has 0 atom stereocenters. The van der Waals surface area contributed by atoms with Crippen molar-refractivity contribution in [3.63, 3.8) is 0 Å². The Morgan fingerprint density at radius 3 is 2.46 bits per heavy atom. The maximum Gasteiger partial charge on any atom is 0.146 e. The smallest absolute Gasteiger partial charge is 0.146 e. The number of fused-ring (bicyclic) bond motifs is 16. The van der Waals surface area contributed by atoms with E-state index in [0.717, 1.165) is 39.5 Å². The van der Waals surface area contributed by atoms with Crippen molar-refractivity contribution in [1.29, 1.82) is 0 Å². The molecule has 5 nitrogen and oxygen atoms in total. The Morgan fingerprint density at radius 1 is 0.634 bits per heavy atom. The first-order valence-electron chi connectivity index (χ1n) is 13.9. The van der Waals surface area contributed by atoms with Gasteiger partial charge in [-0.1, -0.05) is 54.6 Å². The first-order chi connectivity index (χ1) is 20.4. The molecule has 0 saturated carbocycles. The van der Waals surface area contributed by atoms with Crippen molar-refractivity contribution in [1.82, 2.24) is 23.9 Å².